The maximum absolute atomic E-state index is 13.0. The molecule has 33 heavy (non-hydrogen) atoms. The minimum atomic E-state index is -0.165. The number of likely N-dealkylation sites (tertiary alicyclic amines) is 1. The molecule has 0 aliphatic carbocycles. The number of hydrogen-bond acceptors (Lipinski definition) is 5. The standard InChI is InChI=1S/C27H32N4O2/c1-19-20(2)25(33-3)13-12-21(19)17-31-16-8-9-22(18-31)26(23-10-4-6-14-28-23)30-27(32)24-11-5-7-15-29-24/h4-7,10-15,22,26H,8-9,16-18H2,1-3H3,(H,30,32)/t22-,26+/m1/s1. The largest absolute Gasteiger partial charge is 0.496 e. The fourth-order valence-corrected chi connectivity index (χ4v) is 4.70. The maximum atomic E-state index is 13.0. The van der Waals surface area contributed by atoms with E-state index in [1.807, 2.05) is 30.3 Å². The lowest BCUT2D eigenvalue weighted by molar-refractivity contribution is 0.0870. The van der Waals surface area contributed by atoms with E-state index in [0.717, 1.165) is 43.9 Å². The average molecular weight is 445 g/mol. The summed E-state index contributed by atoms with van der Waals surface area (Å²) in [6.45, 7) is 7.11. The molecule has 1 amide bonds. The fourth-order valence-electron chi connectivity index (χ4n) is 4.70. The van der Waals surface area contributed by atoms with Crippen molar-refractivity contribution in [2.75, 3.05) is 20.2 Å². The van der Waals surface area contributed by atoms with Crippen molar-refractivity contribution in [3.63, 3.8) is 0 Å². The number of nitrogens with zero attached hydrogens (tertiary/aromatic N) is 3. The number of aromatic nitrogens is 2. The number of pyridine rings is 2. The highest BCUT2D eigenvalue weighted by atomic mass is 16.5. The molecule has 1 aliphatic heterocycles. The van der Waals surface area contributed by atoms with Gasteiger partial charge >= 0.3 is 0 Å². The monoisotopic (exact) mass is 444 g/mol. The lowest BCUT2D eigenvalue weighted by atomic mass is 9.87. The molecule has 0 saturated carbocycles. The van der Waals surface area contributed by atoms with Gasteiger partial charge in [0.15, 0.2) is 0 Å². The van der Waals surface area contributed by atoms with E-state index in [9.17, 15) is 4.79 Å². The van der Waals surface area contributed by atoms with Gasteiger partial charge in [-0.15, -0.1) is 0 Å². The molecule has 4 rings (SSSR count). The number of piperidine rings is 1. The fraction of sp³-hybridized carbons (Fsp3) is 0.370. The van der Waals surface area contributed by atoms with Crippen LogP contribution in [0.25, 0.3) is 0 Å². The first-order chi connectivity index (χ1) is 16.1. The van der Waals surface area contributed by atoms with Crippen LogP contribution in [0.3, 0.4) is 0 Å². The smallest absolute Gasteiger partial charge is 0.270 e. The molecule has 6 nitrogen and oxygen atoms in total. The van der Waals surface area contributed by atoms with Crippen molar-refractivity contribution in [3.8, 4) is 5.75 Å². The van der Waals surface area contributed by atoms with Crippen LogP contribution in [0.15, 0.2) is 60.9 Å². The summed E-state index contributed by atoms with van der Waals surface area (Å²) < 4.78 is 5.48. The molecular formula is C27H32N4O2. The van der Waals surface area contributed by atoms with E-state index in [2.05, 4.69) is 46.2 Å². The van der Waals surface area contributed by atoms with Gasteiger partial charge in [0.2, 0.25) is 0 Å². The molecule has 1 aliphatic rings. The summed E-state index contributed by atoms with van der Waals surface area (Å²) in [6, 6.07) is 15.3. The Hall–Kier alpha value is -3.25. The lowest BCUT2D eigenvalue weighted by Crippen LogP contribution is -2.43. The van der Waals surface area contributed by atoms with Crippen LogP contribution >= 0.6 is 0 Å². The molecule has 1 aromatic carbocycles. The summed E-state index contributed by atoms with van der Waals surface area (Å²) in [5, 5.41) is 3.23. The number of ether oxygens (including phenoxy) is 1. The van der Waals surface area contributed by atoms with Crippen molar-refractivity contribution in [2.45, 2.75) is 39.3 Å². The first-order valence-electron chi connectivity index (χ1n) is 11.5. The molecule has 1 saturated heterocycles. The summed E-state index contributed by atoms with van der Waals surface area (Å²) in [4.78, 5) is 24.3. The van der Waals surface area contributed by atoms with E-state index < -0.39 is 0 Å². The van der Waals surface area contributed by atoms with Crippen LogP contribution in [0.5, 0.6) is 5.75 Å². The van der Waals surface area contributed by atoms with Crippen LogP contribution in [0.2, 0.25) is 0 Å². The molecule has 3 heterocycles. The Kier molecular flexibility index (Phi) is 7.35. The normalized spacial score (nSPS) is 17.4. The quantitative estimate of drug-likeness (QED) is 0.582. The van der Waals surface area contributed by atoms with Crippen LogP contribution < -0.4 is 10.1 Å². The zero-order chi connectivity index (χ0) is 23.2. The van der Waals surface area contributed by atoms with Gasteiger partial charge in [-0.1, -0.05) is 18.2 Å². The van der Waals surface area contributed by atoms with E-state index >= 15 is 0 Å². The Morgan fingerprint density at radius 2 is 1.88 bits per heavy atom. The Labute approximate surface area is 196 Å². The first kappa shape index (κ1) is 22.9. The summed E-state index contributed by atoms with van der Waals surface area (Å²) in [5.41, 5.74) is 5.11. The summed E-state index contributed by atoms with van der Waals surface area (Å²) in [7, 11) is 1.72. The van der Waals surface area contributed by atoms with E-state index in [4.69, 9.17) is 4.74 Å². The highest BCUT2D eigenvalue weighted by Crippen LogP contribution is 2.31. The zero-order valence-electron chi connectivity index (χ0n) is 19.6. The number of rotatable bonds is 7. The molecule has 172 valence electrons. The van der Waals surface area contributed by atoms with Crippen LogP contribution in [-0.4, -0.2) is 41.0 Å². The van der Waals surface area contributed by atoms with Gasteiger partial charge in [0.25, 0.3) is 5.91 Å². The lowest BCUT2D eigenvalue weighted by Gasteiger charge is -2.37. The highest BCUT2D eigenvalue weighted by Gasteiger charge is 2.31. The second-order valence-corrected chi connectivity index (χ2v) is 8.74. The second kappa shape index (κ2) is 10.6. The van der Waals surface area contributed by atoms with Crippen LogP contribution in [0.4, 0.5) is 0 Å². The number of carbonyl (C=O) groups excluding carboxylic acids is 1. The van der Waals surface area contributed by atoms with Gasteiger partial charge in [0, 0.05) is 25.5 Å². The summed E-state index contributed by atoms with van der Waals surface area (Å²) in [5.74, 6) is 1.03. The molecule has 0 radical (unpaired) electrons. The van der Waals surface area contributed by atoms with Crippen LogP contribution in [-0.2, 0) is 6.54 Å². The predicted molar refractivity (Wildman–Crippen MR) is 129 cm³/mol. The second-order valence-electron chi connectivity index (χ2n) is 8.74. The van der Waals surface area contributed by atoms with Crippen molar-refractivity contribution in [2.24, 2.45) is 5.92 Å². The minimum absolute atomic E-state index is 0.162. The van der Waals surface area contributed by atoms with Gasteiger partial charge < -0.3 is 10.1 Å². The summed E-state index contributed by atoms with van der Waals surface area (Å²) in [6.07, 6.45) is 5.56. The van der Waals surface area contributed by atoms with Gasteiger partial charge in [-0.2, -0.15) is 0 Å². The minimum Gasteiger partial charge on any atom is -0.496 e. The van der Waals surface area contributed by atoms with E-state index in [-0.39, 0.29) is 17.9 Å². The van der Waals surface area contributed by atoms with E-state index in [0.29, 0.717) is 5.69 Å². The van der Waals surface area contributed by atoms with Crippen molar-refractivity contribution in [1.82, 2.24) is 20.2 Å². The van der Waals surface area contributed by atoms with Gasteiger partial charge in [-0.3, -0.25) is 19.7 Å². The van der Waals surface area contributed by atoms with Gasteiger partial charge in [0.05, 0.1) is 18.8 Å². The van der Waals surface area contributed by atoms with Gasteiger partial charge in [0.1, 0.15) is 11.4 Å². The Balaban J connectivity index is 1.53. The number of nitrogens with one attached hydrogen (secondary N) is 1. The number of hydrogen-bond donors (Lipinski definition) is 1. The number of carbonyl (C=O) groups is 1. The number of amides is 1. The van der Waals surface area contributed by atoms with Crippen LogP contribution in [0.1, 0.15) is 51.8 Å². The summed E-state index contributed by atoms with van der Waals surface area (Å²) >= 11 is 0. The van der Waals surface area contributed by atoms with Gasteiger partial charge in [-0.25, -0.2) is 0 Å². The Morgan fingerprint density at radius 3 is 2.58 bits per heavy atom. The first-order valence-corrected chi connectivity index (χ1v) is 11.5. The molecule has 2 atom stereocenters. The third kappa shape index (κ3) is 5.40. The molecule has 0 bridgehead atoms. The zero-order valence-corrected chi connectivity index (χ0v) is 19.6. The molecule has 1 N–H and O–H groups in total. The Morgan fingerprint density at radius 1 is 1.09 bits per heavy atom. The molecule has 3 aromatic rings. The third-order valence-corrected chi connectivity index (χ3v) is 6.67. The SMILES string of the molecule is COc1ccc(CN2CCC[C@@H]([C@H](NC(=O)c3ccccn3)c3ccccn3)C2)c(C)c1C. The van der Waals surface area contributed by atoms with Crippen molar-refractivity contribution < 1.29 is 9.53 Å². The predicted octanol–water partition coefficient (Wildman–Crippen LogP) is 4.49. The molecule has 1 fully saturated rings. The van der Waals surface area contributed by atoms with Crippen molar-refractivity contribution >= 4 is 5.91 Å². The molecule has 0 spiro atoms. The topological polar surface area (TPSA) is 67.3 Å². The van der Waals surface area contributed by atoms with Crippen LogP contribution in [0, 0.1) is 19.8 Å². The maximum Gasteiger partial charge on any atom is 0.270 e. The number of methoxy groups -OCH3 is 1. The number of benzene rings is 1. The van der Waals surface area contributed by atoms with E-state index in [1.54, 1.807) is 25.6 Å². The highest BCUT2D eigenvalue weighted by molar-refractivity contribution is 5.92. The third-order valence-electron chi connectivity index (χ3n) is 6.67. The molecule has 2 aromatic heterocycles. The molecular weight excluding hydrogens is 412 g/mol. The molecule has 6 heteroatoms. The average Bonchev–Trinajstić information content (AvgIpc) is 2.86. The van der Waals surface area contributed by atoms with Crippen molar-refractivity contribution in [1.29, 1.82) is 0 Å². The van der Waals surface area contributed by atoms with Gasteiger partial charge in [-0.05, 0) is 86.2 Å². The Bertz CT molecular complexity index is 1070. The van der Waals surface area contributed by atoms with E-state index in [1.165, 1.54) is 16.7 Å². The molecule has 0 unspecified atom stereocenters. The van der Waals surface area contributed by atoms with Crippen molar-refractivity contribution in [3.05, 3.63) is 89.0 Å².